The topological polar surface area (TPSA) is 66.4 Å². The maximum atomic E-state index is 12.4. The molecule has 0 saturated heterocycles. The smallest absolute Gasteiger partial charge is 0.261 e. The van der Waals surface area contributed by atoms with Crippen molar-refractivity contribution in [1.29, 1.82) is 0 Å². The minimum atomic E-state index is -3.75. The van der Waals surface area contributed by atoms with E-state index < -0.39 is 10.0 Å². The number of halogens is 1. The molecule has 0 aliphatic carbocycles. The predicted octanol–water partition coefficient (Wildman–Crippen LogP) is 3.77. The number of sulfonamides is 1. The normalized spacial score (nSPS) is 11.4. The SMILES string of the molecule is Cc1ccc(S(=O)(=O)Nc2ccc(C)c(O)c2C)cc1Cl. The number of rotatable bonds is 3. The molecule has 0 atom stereocenters. The molecule has 2 N–H and O–H groups in total. The second-order valence-electron chi connectivity index (χ2n) is 4.92. The van der Waals surface area contributed by atoms with E-state index in [0.717, 1.165) is 5.56 Å². The third kappa shape index (κ3) is 3.14. The van der Waals surface area contributed by atoms with E-state index in [1.54, 1.807) is 39.0 Å². The Hall–Kier alpha value is -1.72. The van der Waals surface area contributed by atoms with Crippen molar-refractivity contribution in [2.24, 2.45) is 0 Å². The highest BCUT2D eigenvalue weighted by Crippen LogP contribution is 2.30. The Morgan fingerprint density at radius 1 is 1.05 bits per heavy atom. The first kappa shape index (κ1) is 15.7. The quantitative estimate of drug-likeness (QED) is 0.902. The molecule has 2 aromatic carbocycles. The van der Waals surface area contributed by atoms with Crippen molar-refractivity contribution in [2.45, 2.75) is 25.7 Å². The zero-order valence-corrected chi connectivity index (χ0v) is 13.5. The number of aromatic hydroxyl groups is 1. The van der Waals surface area contributed by atoms with Crippen LogP contribution in [0.5, 0.6) is 5.75 Å². The molecule has 2 aromatic rings. The van der Waals surface area contributed by atoms with Gasteiger partial charge in [-0.05, 0) is 50.1 Å². The molecule has 0 aliphatic rings. The van der Waals surface area contributed by atoms with E-state index in [9.17, 15) is 13.5 Å². The first-order valence-corrected chi connectivity index (χ1v) is 8.16. The van der Waals surface area contributed by atoms with Crippen molar-refractivity contribution in [1.82, 2.24) is 0 Å². The number of aryl methyl sites for hydroxylation is 2. The summed E-state index contributed by atoms with van der Waals surface area (Å²) in [6.45, 7) is 5.21. The molecular formula is C15H16ClNO3S. The maximum Gasteiger partial charge on any atom is 0.261 e. The van der Waals surface area contributed by atoms with Gasteiger partial charge >= 0.3 is 0 Å². The highest BCUT2D eigenvalue weighted by atomic mass is 35.5. The second kappa shape index (κ2) is 5.58. The molecule has 0 amide bonds. The number of hydrogen-bond acceptors (Lipinski definition) is 3. The monoisotopic (exact) mass is 325 g/mol. The second-order valence-corrected chi connectivity index (χ2v) is 7.01. The van der Waals surface area contributed by atoms with E-state index in [4.69, 9.17) is 11.6 Å². The van der Waals surface area contributed by atoms with E-state index in [1.165, 1.54) is 12.1 Å². The molecule has 0 unspecified atom stereocenters. The van der Waals surface area contributed by atoms with E-state index in [1.807, 2.05) is 0 Å². The van der Waals surface area contributed by atoms with Crippen LogP contribution in [-0.2, 0) is 10.0 Å². The summed E-state index contributed by atoms with van der Waals surface area (Å²) in [6.07, 6.45) is 0. The van der Waals surface area contributed by atoms with Gasteiger partial charge in [-0.3, -0.25) is 4.72 Å². The fourth-order valence-electron chi connectivity index (χ4n) is 1.89. The maximum absolute atomic E-state index is 12.4. The number of benzene rings is 2. The summed E-state index contributed by atoms with van der Waals surface area (Å²) in [5.41, 5.74) is 2.32. The number of anilines is 1. The molecule has 0 saturated carbocycles. The lowest BCUT2D eigenvalue weighted by molar-refractivity contribution is 0.467. The lowest BCUT2D eigenvalue weighted by Gasteiger charge is -2.13. The molecule has 2 rings (SSSR count). The summed E-state index contributed by atoms with van der Waals surface area (Å²) in [4.78, 5) is 0.0811. The lowest BCUT2D eigenvalue weighted by Crippen LogP contribution is -2.14. The fourth-order valence-corrected chi connectivity index (χ4v) is 3.28. The zero-order valence-electron chi connectivity index (χ0n) is 11.9. The first-order valence-electron chi connectivity index (χ1n) is 6.30. The number of phenols is 1. The molecule has 0 radical (unpaired) electrons. The van der Waals surface area contributed by atoms with Gasteiger partial charge < -0.3 is 5.11 Å². The van der Waals surface area contributed by atoms with Crippen LogP contribution in [0, 0.1) is 20.8 Å². The minimum Gasteiger partial charge on any atom is -0.507 e. The van der Waals surface area contributed by atoms with Gasteiger partial charge in [0.1, 0.15) is 5.75 Å². The Labute approximate surface area is 129 Å². The minimum absolute atomic E-state index is 0.0807. The van der Waals surface area contributed by atoms with Gasteiger partial charge in [-0.15, -0.1) is 0 Å². The average molecular weight is 326 g/mol. The van der Waals surface area contributed by atoms with Crippen LogP contribution in [0.15, 0.2) is 35.2 Å². The molecule has 21 heavy (non-hydrogen) atoms. The van der Waals surface area contributed by atoms with Gasteiger partial charge in [0.05, 0.1) is 10.6 Å². The largest absolute Gasteiger partial charge is 0.507 e. The molecule has 0 aromatic heterocycles. The van der Waals surface area contributed by atoms with Crippen LogP contribution in [0.1, 0.15) is 16.7 Å². The van der Waals surface area contributed by atoms with E-state index in [0.29, 0.717) is 21.8 Å². The lowest BCUT2D eigenvalue weighted by atomic mass is 10.1. The van der Waals surface area contributed by atoms with Gasteiger partial charge in [0.15, 0.2) is 0 Å². The van der Waals surface area contributed by atoms with Gasteiger partial charge in [0.25, 0.3) is 10.0 Å². The highest BCUT2D eigenvalue weighted by molar-refractivity contribution is 7.92. The Balaban J connectivity index is 2.42. The van der Waals surface area contributed by atoms with Gasteiger partial charge in [-0.2, -0.15) is 0 Å². The van der Waals surface area contributed by atoms with Crippen LogP contribution >= 0.6 is 11.6 Å². The molecule has 0 fully saturated rings. The van der Waals surface area contributed by atoms with E-state index in [2.05, 4.69) is 4.72 Å². The van der Waals surface area contributed by atoms with E-state index in [-0.39, 0.29) is 10.6 Å². The standard InChI is InChI=1S/C15H16ClNO3S/c1-9-4-6-12(8-13(9)16)21(19,20)17-14-7-5-10(2)15(18)11(14)3/h4-8,17-18H,1-3H3. The molecule has 0 spiro atoms. The van der Waals surface area contributed by atoms with Crippen molar-refractivity contribution in [2.75, 3.05) is 4.72 Å². The van der Waals surface area contributed by atoms with Crippen molar-refractivity contribution in [3.63, 3.8) is 0 Å². The van der Waals surface area contributed by atoms with Crippen LogP contribution in [0.2, 0.25) is 5.02 Å². The highest BCUT2D eigenvalue weighted by Gasteiger charge is 2.17. The summed E-state index contributed by atoms with van der Waals surface area (Å²) in [5.74, 6) is 0.0807. The van der Waals surface area contributed by atoms with Gasteiger partial charge in [0.2, 0.25) is 0 Å². The van der Waals surface area contributed by atoms with Crippen molar-refractivity contribution in [3.05, 3.63) is 52.0 Å². The number of nitrogens with one attached hydrogen (secondary N) is 1. The van der Waals surface area contributed by atoms with Crippen molar-refractivity contribution < 1.29 is 13.5 Å². The first-order chi connectivity index (χ1) is 9.72. The fraction of sp³-hybridized carbons (Fsp3) is 0.200. The van der Waals surface area contributed by atoms with Gasteiger partial charge in [-0.25, -0.2) is 8.42 Å². The molecule has 0 bridgehead atoms. The summed E-state index contributed by atoms with van der Waals surface area (Å²) in [7, 11) is -3.75. The average Bonchev–Trinajstić information content (AvgIpc) is 2.42. The third-order valence-corrected chi connectivity index (χ3v) is 5.10. The predicted molar refractivity (Wildman–Crippen MR) is 84.6 cm³/mol. The summed E-state index contributed by atoms with van der Waals surface area (Å²) >= 11 is 5.97. The Bertz CT molecular complexity index is 801. The molecular weight excluding hydrogens is 310 g/mol. The summed E-state index contributed by atoms with van der Waals surface area (Å²) in [6, 6.07) is 7.83. The van der Waals surface area contributed by atoms with Crippen molar-refractivity contribution in [3.8, 4) is 5.75 Å². The van der Waals surface area contributed by atoms with Crippen LogP contribution in [0.25, 0.3) is 0 Å². The van der Waals surface area contributed by atoms with Gasteiger partial charge in [-0.1, -0.05) is 23.7 Å². The van der Waals surface area contributed by atoms with Crippen molar-refractivity contribution >= 4 is 27.3 Å². The van der Waals surface area contributed by atoms with Crippen LogP contribution in [0.3, 0.4) is 0 Å². The summed E-state index contributed by atoms with van der Waals surface area (Å²) in [5, 5.41) is 10.3. The Kier molecular flexibility index (Phi) is 4.16. The number of hydrogen-bond donors (Lipinski definition) is 2. The Morgan fingerprint density at radius 2 is 1.67 bits per heavy atom. The zero-order chi connectivity index (χ0) is 15.8. The van der Waals surface area contributed by atoms with Crippen LogP contribution < -0.4 is 4.72 Å². The molecule has 0 heterocycles. The molecule has 112 valence electrons. The molecule has 0 aliphatic heterocycles. The third-order valence-electron chi connectivity index (χ3n) is 3.33. The van der Waals surface area contributed by atoms with Crippen LogP contribution in [0.4, 0.5) is 5.69 Å². The van der Waals surface area contributed by atoms with Gasteiger partial charge in [0, 0.05) is 10.6 Å². The van der Waals surface area contributed by atoms with Crippen LogP contribution in [-0.4, -0.2) is 13.5 Å². The molecule has 4 nitrogen and oxygen atoms in total. The van der Waals surface area contributed by atoms with E-state index >= 15 is 0 Å². The molecule has 6 heteroatoms. The Morgan fingerprint density at radius 3 is 2.29 bits per heavy atom. The summed E-state index contributed by atoms with van der Waals surface area (Å²) < 4.78 is 27.2. The number of phenolic OH excluding ortho intramolecular Hbond substituents is 1.